The molecule has 0 fully saturated rings. The molecule has 16 heavy (non-hydrogen) atoms. The highest BCUT2D eigenvalue weighted by Crippen LogP contribution is 2.32. The van der Waals surface area contributed by atoms with Gasteiger partial charge in [-0.15, -0.1) is 0 Å². The van der Waals surface area contributed by atoms with Gasteiger partial charge in [0.25, 0.3) is 0 Å². The average molecular weight is 300 g/mol. The van der Waals surface area contributed by atoms with Gasteiger partial charge in [-0.3, -0.25) is 0 Å². The van der Waals surface area contributed by atoms with E-state index >= 15 is 0 Å². The lowest BCUT2D eigenvalue weighted by atomic mass is 10.0. The minimum Gasteiger partial charge on any atom is -0.466 e. The van der Waals surface area contributed by atoms with Gasteiger partial charge in [0.1, 0.15) is 5.76 Å². The van der Waals surface area contributed by atoms with E-state index in [1.54, 1.807) is 17.6 Å². The molecule has 0 aliphatic heterocycles. The Balaban J connectivity index is 2.39. The Hall–Kier alpha value is -0.580. The van der Waals surface area contributed by atoms with E-state index in [2.05, 4.69) is 45.9 Å². The highest BCUT2D eigenvalue weighted by atomic mass is 79.9. The summed E-state index contributed by atoms with van der Waals surface area (Å²) in [5, 5.41) is 7.79. The molecule has 0 radical (unpaired) electrons. The van der Waals surface area contributed by atoms with Crippen molar-refractivity contribution in [1.82, 2.24) is 5.32 Å². The number of rotatable bonds is 4. The summed E-state index contributed by atoms with van der Waals surface area (Å²) in [6.07, 6.45) is 1.71. The molecule has 2 nitrogen and oxygen atoms in total. The third kappa shape index (κ3) is 2.24. The van der Waals surface area contributed by atoms with Gasteiger partial charge in [0.15, 0.2) is 0 Å². The number of aryl methyl sites for hydroxylation is 1. The lowest BCUT2D eigenvalue weighted by Gasteiger charge is -2.16. The van der Waals surface area contributed by atoms with Crippen molar-refractivity contribution in [3.8, 4) is 0 Å². The molecule has 0 spiro atoms. The predicted molar refractivity (Wildman–Crippen MR) is 71.0 cm³/mol. The maximum absolute atomic E-state index is 5.55. The van der Waals surface area contributed by atoms with Gasteiger partial charge in [0.05, 0.1) is 16.8 Å². The highest BCUT2D eigenvalue weighted by Gasteiger charge is 2.21. The van der Waals surface area contributed by atoms with Crippen LogP contribution in [0.5, 0.6) is 0 Å². The molecule has 0 aliphatic carbocycles. The van der Waals surface area contributed by atoms with Gasteiger partial charge in [-0.25, -0.2) is 0 Å². The SMILES string of the molecule is CCNC(c1cscc1C)c1occc1Br. The van der Waals surface area contributed by atoms with Gasteiger partial charge in [-0.1, -0.05) is 6.92 Å². The van der Waals surface area contributed by atoms with Crippen LogP contribution >= 0.6 is 27.3 Å². The Bertz CT molecular complexity index is 423. The Morgan fingerprint density at radius 3 is 2.81 bits per heavy atom. The van der Waals surface area contributed by atoms with Crippen LogP contribution < -0.4 is 5.32 Å². The van der Waals surface area contributed by atoms with E-state index in [9.17, 15) is 0 Å². The maximum Gasteiger partial charge on any atom is 0.139 e. The zero-order chi connectivity index (χ0) is 11.5. The summed E-state index contributed by atoms with van der Waals surface area (Å²) in [7, 11) is 0. The van der Waals surface area contributed by atoms with Gasteiger partial charge in [-0.05, 0) is 57.4 Å². The topological polar surface area (TPSA) is 25.2 Å². The molecular formula is C12H14BrNOS. The van der Waals surface area contributed by atoms with Crippen LogP contribution in [0.4, 0.5) is 0 Å². The number of hydrogen-bond donors (Lipinski definition) is 1. The Morgan fingerprint density at radius 1 is 1.50 bits per heavy atom. The summed E-state index contributed by atoms with van der Waals surface area (Å²) in [5.41, 5.74) is 2.60. The van der Waals surface area contributed by atoms with Crippen molar-refractivity contribution in [3.05, 3.63) is 44.4 Å². The fraction of sp³-hybridized carbons (Fsp3) is 0.333. The van der Waals surface area contributed by atoms with E-state index in [1.807, 2.05) is 6.07 Å². The molecule has 1 unspecified atom stereocenters. The summed E-state index contributed by atoms with van der Waals surface area (Å²) in [6, 6.07) is 2.07. The first-order valence-corrected chi connectivity index (χ1v) is 6.96. The van der Waals surface area contributed by atoms with Crippen molar-refractivity contribution in [2.45, 2.75) is 19.9 Å². The standard InChI is InChI=1S/C12H14BrNOS/c1-3-14-11(9-7-16-6-8(9)2)12-10(13)4-5-15-12/h4-7,11,14H,3H2,1-2H3. The third-order valence-electron chi connectivity index (χ3n) is 2.52. The van der Waals surface area contributed by atoms with Crippen molar-refractivity contribution in [1.29, 1.82) is 0 Å². The number of nitrogens with one attached hydrogen (secondary N) is 1. The normalized spacial score (nSPS) is 12.9. The molecule has 2 rings (SSSR count). The highest BCUT2D eigenvalue weighted by molar-refractivity contribution is 9.10. The molecule has 0 saturated carbocycles. The van der Waals surface area contributed by atoms with Crippen LogP contribution in [-0.4, -0.2) is 6.54 Å². The molecule has 0 aliphatic rings. The molecule has 0 saturated heterocycles. The monoisotopic (exact) mass is 299 g/mol. The van der Waals surface area contributed by atoms with E-state index in [-0.39, 0.29) is 6.04 Å². The summed E-state index contributed by atoms with van der Waals surface area (Å²) < 4.78 is 6.57. The van der Waals surface area contributed by atoms with Crippen LogP contribution in [0.1, 0.15) is 29.9 Å². The van der Waals surface area contributed by atoms with Gasteiger partial charge in [0, 0.05) is 0 Å². The van der Waals surface area contributed by atoms with Gasteiger partial charge in [0.2, 0.25) is 0 Å². The van der Waals surface area contributed by atoms with E-state index in [1.165, 1.54) is 11.1 Å². The van der Waals surface area contributed by atoms with Gasteiger partial charge < -0.3 is 9.73 Å². The zero-order valence-corrected chi connectivity index (χ0v) is 11.7. The summed E-state index contributed by atoms with van der Waals surface area (Å²) in [6.45, 7) is 5.14. The fourth-order valence-corrected chi connectivity index (χ4v) is 3.03. The molecule has 2 heterocycles. The Labute approximate surface area is 108 Å². The van der Waals surface area contributed by atoms with Crippen molar-refractivity contribution in [2.24, 2.45) is 0 Å². The van der Waals surface area contributed by atoms with Crippen LogP contribution in [0.3, 0.4) is 0 Å². The van der Waals surface area contributed by atoms with Crippen LogP contribution in [-0.2, 0) is 0 Å². The van der Waals surface area contributed by atoms with Gasteiger partial charge in [-0.2, -0.15) is 11.3 Å². The Morgan fingerprint density at radius 2 is 2.31 bits per heavy atom. The second kappa shape index (κ2) is 5.17. The number of halogens is 1. The van der Waals surface area contributed by atoms with Crippen molar-refractivity contribution in [2.75, 3.05) is 6.54 Å². The first kappa shape index (κ1) is 11.9. The molecule has 2 aromatic heterocycles. The molecule has 0 amide bonds. The van der Waals surface area contributed by atoms with E-state index in [0.29, 0.717) is 0 Å². The smallest absolute Gasteiger partial charge is 0.139 e. The van der Waals surface area contributed by atoms with Crippen LogP contribution in [0.15, 0.2) is 32.0 Å². The zero-order valence-electron chi connectivity index (χ0n) is 9.29. The van der Waals surface area contributed by atoms with Crippen molar-refractivity contribution in [3.63, 3.8) is 0 Å². The minimum atomic E-state index is 0.139. The Kier molecular flexibility index (Phi) is 3.84. The molecule has 86 valence electrons. The molecule has 4 heteroatoms. The van der Waals surface area contributed by atoms with Crippen molar-refractivity contribution >= 4 is 27.3 Å². The molecular weight excluding hydrogens is 286 g/mol. The average Bonchev–Trinajstić information content (AvgIpc) is 2.84. The molecule has 2 aromatic rings. The second-order valence-corrected chi connectivity index (χ2v) is 5.23. The lowest BCUT2D eigenvalue weighted by Crippen LogP contribution is -2.22. The number of thiophene rings is 1. The molecule has 1 atom stereocenters. The second-order valence-electron chi connectivity index (χ2n) is 3.63. The summed E-state index contributed by atoms with van der Waals surface area (Å²) >= 11 is 5.24. The fourth-order valence-electron chi connectivity index (χ4n) is 1.73. The summed E-state index contributed by atoms with van der Waals surface area (Å²) in [5.74, 6) is 0.948. The maximum atomic E-state index is 5.55. The van der Waals surface area contributed by atoms with Crippen molar-refractivity contribution < 1.29 is 4.42 Å². The molecule has 1 N–H and O–H groups in total. The predicted octanol–water partition coefficient (Wildman–Crippen LogP) is 4.11. The lowest BCUT2D eigenvalue weighted by molar-refractivity contribution is 0.449. The first-order chi connectivity index (χ1) is 7.74. The van der Waals surface area contributed by atoms with Crippen LogP contribution in [0, 0.1) is 6.92 Å². The van der Waals surface area contributed by atoms with E-state index < -0.39 is 0 Å². The molecule has 0 aromatic carbocycles. The van der Waals surface area contributed by atoms with Crippen LogP contribution in [0.2, 0.25) is 0 Å². The van der Waals surface area contributed by atoms with Crippen LogP contribution in [0.25, 0.3) is 0 Å². The first-order valence-electron chi connectivity index (χ1n) is 5.23. The van der Waals surface area contributed by atoms with Gasteiger partial charge >= 0.3 is 0 Å². The quantitative estimate of drug-likeness (QED) is 0.919. The minimum absolute atomic E-state index is 0.139. The van der Waals surface area contributed by atoms with E-state index in [4.69, 9.17) is 4.42 Å². The van der Waals surface area contributed by atoms with E-state index in [0.717, 1.165) is 16.8 Å². The largest absolute Gasteiger partial charge is 0.466 e. The number of hydrogen-bond acceptors (Lipinski definition) is 3. The molecule has 0 bridgehead atoms. The summed E-state index contributed by atoms with van der Waals surface area (Å²) in [4.78, 5) is 0. The third-order valence-corrected chi connectivity index (χ3v) is 4.06. The number of furan rings is 1.